The highest BCUT2D eigenvalue weighted by Crippen LogP contribution is 2.25. The summed E-state index contributed by atoms with van der Waals surface area (Å²) in [5, 5.41) is 2.80. The second-order valence-electron chi connectivity index (χ2n) is 5.23. The quantitative estimate of drug-likeness (QED) is 0.835. The number of amides is 1. The molecule has 1 heterocycles. The number of hydrogen-bond acceptors (Lipinski definition) is 3. The van der Waals surface area contributed by atoms with E-state index in [1.54, 1.807) is 12.1 Å². The minimum atomic E-state index is -0.810. The Bertz CT molecular complexity index is 757. The number of cyclic esters (lactones) is 1. The lowest BCUT2D eigenvalue weighted by atomic mass is 9.98. The van der Waals surface area contributed by atoms with Crippen LogP contribution in [0.4, 0.5) is 5.69 Å². The van der Waals surface area contributed by atoms with Crippen LogP contribution in [0.1, 0.15) is 21.5 Å². The van der Waals surface area contributed by atoms with Crippen molar-refractivity contribution in [1.29, 1.82) is 0 Å². The predicted octanol–water partition coefficient (Wildman–Crippen LogP) is 3.48. The fourth-order valence-electron chi connectivity index (χ4n) is 2.41. The Morgan fingerprint density at radius 2 is 2.05 bits per heavy atom. The van der Waals surface area contributed by atoms with Crippen molar-refractivity contribution in [3.63, 3.8) is 0 Å². The van der Waals surface area contributed by atoms with Crippen molar-refractivity contribution in [2.45, 2.75) is 19.4 Å². The molecule has 0 aliphatic carbocycles. The van der Waals surface area contributed by atoms with E-state index in [9.17, 15) is 9.59 Å². The summed E-state index contributed by atoms with van der Waals surface area (Å²) in [6, 6.07) is 12.8. The number of fused-ring (bicyclic) bond motifs is 1. The van der Waals surface area contributed by atoms with Crippen molar-refractivity contribution >= 4 is 33.5 Å². The molecule has 1 aliphatic rings. The van der Waals surface area contributed by atoms with Crippen LogP contribution in [0.2, 0.25) is 0 Å². The molecule has 0 unspecified atom stereocenters. The second-order valence-corrected chi connectivity index (χ2v) is 6.08. The zero-order valence-corrected chi connectivity index (χ0v) is 13.5. The minimum absolute atomic E-state index is 0.326. The second kappa shape index (κ2) is 5.93. The fraction of sp³-hybridized carbons (Fsp3) is 0.176. The molecule has 2 aromatic carbocycles. The molecule has 0 radical (unpaired) electrons. The average molecular weight is 360 g/mol. The third-order valence-electron chi connectivity index (χ3n) is 3.57. The molecule has 1 N–H and O–H groups in total. The number of carbonyl (C=O) groups excluding carboxylic acids is 2. The van der Waals surface area contributed by atoms with Crippen LogP contribution in [0.5, 0.6) is 0 Å². The smallest absolute Gasteiger partial charge is 0.339 e. The largest absolute Gasteiger partial charge is 0.448 e. The van der Waals surface area contributed by atoms with E-state index >= 15 is 0 Å². The van der Waals surface area contributed by atoms with Crippen LogP contribution in [0, 0.1) is 6.92 Å². The van der Waals surface area contributed by atoms with Crippen molar-refractivity contribution in [1.82, 2.24) is 0 Å². The normalized spacial score (nSPS) is 16.6. The van der Waals surface area contributed by atoms with Crippen LogP contribution in [0.15, 0.2) is 46.9 Å². The van der Waals surface area contributed by atoms with Gasteiger partial charge in [0.25, 0.3) is 5.91 Å². The Hall–Kier alpha value is -2.14. The van der Waals surface area contributed by atoms with Gasteiger partial charge in [0, 0.05) is 10.9 Å². The van der Waals surface area contributed by atoms with Crippen molar-refractivity contribution in [3.8, 4) is 0 Å². The molecule has 0 fully saturated rings. The summed E-state index contributed by atoms with van der Waals surface area (Å²) < 4.78 is 6.04. The molecule has 0 spiro atoms. The number of ether oxygens (including phenoxy) is 1. The molecule has 5 heteroatoms. The number of halogens is 1. The molecule has 0 aromatic heterocycles. The lowest BCUT2D eigenvalue weighted by molar-refractivity contribution is -0.125. The first-order valence-corrected chi connectivity index (χ1v) is 7.70. The molecule has 1 amide bonds. The van der Waals surface area contributed by atoms with Gasteiger partial charge >= 0.3 is 5.97 Å². The third-order valence-corrected chi connectivity index (χ3v) is 4.22. The number of aryl methyl sites for hydroxylation is 1. The van der Waals surface area contributed by atoms with Gasteiger partial charge < -0.3 is 10.1 Å². The van der Waals surface area contributed by atoms with E-state index in [4.69, 9.17) is 4.74 Å². The van der Waals surface area contributed by atoms with E-state index in [2.05, 4.69) is 21.2 Å². The van der Waals surface area contributed by atoms with Gasteiger partial charge in [0.2, 0.25) is 0 Å². The van der Waals surface area contributed by atoms with E-state index in [1.165, 1.54) is 0 Å². The van der Waals surface area contributed by atoms with Gasteiger partial charge in [-0.2, -0.15) is 0 Å². The maximum absolute atomic E-state index is 12.4. The van der Waals surface area contributed by atoms with Gasteiger partial charge in [-0.15, -0.1) is 0 Å². The Labute approximate surface area is 136 Å². The number of rotatable bonds is 2. The highest BCUT2D eigenvalue weighted by atomic mass is 79.9. The lowest BCUT2D eigenvalue weighted by Crippen LogP contribution is -2.38. The lowest BCUT2D eigenvalue weighted by Gasteiger charge is -2.24. The van der Waals surface area contributed by atoms with Crippen molar-refractivity contribution in [3.05, 3.63) is 63.6 Å². The van der Waals surface area contributed by atoms with E-state index in [1.807, 2.05) is 37.3 Å². The van der Waals surface area contributed by atoms with Gasteiger partial charge in [-0.1, -0.05) is 24.3 Å². The highest BCUT2D eigenvalue weighted by molar-refractivity contribution is 9.10. The van der Waals surface area contributed by atoms with E-state index in [0.717, 1.165) is 15.6 Å². The number of esters is 1. The zero-order chi connectivity index (χ0) is 15.7. The van der Waals surface area contributed by atoms with Gasteiger partial charge in [-0.25, -0.2) is 4.79 Å². The van der Waals surface area contributed by atoms with E-state index < -0.39 is 12.1 Å². The first-order valence-electron chi connectivity index (χ1n) is 6.90. The van der Waals surface area contributed by atoms with Crippen LogP contribution < -0.4 is 5.32 Å². The SMILES string of the molecule is Cc1ccc(NC(=O)[C@H]2Cc3ccccc3C(=O)O2)c(Br)c1. The predicted molar refractivity (Wildman–Crippen MR) is 86.9 cm³/mol. The summed E-state index contributed by atoms with van der Waals surface area (Å²) in [6.07, 6.45) is -0.423. The molecular formula is C17H14BrNO3. The minimum Gasteiger partial charge on any atom is -0.448 e. The molecule has 1 aliphatic heterocycles. The summed E-state index contributed by atoms with van der Waals surface area (Å²) in [7, 11) is 0. The molecule has 3 rings (SSSR count). The Morgan fingerprint density at radius 1 is 1.27 bits per heavy atom. The van der Waals surface area contributed by atoms with Crippen LogP contribution in [0.3, 0.4) is 0 Å². The number of hydrogen-bond donors (Lipinski definition) is 1. The molecule has 0 bridgehead atoms. The Kier molecular flexibility index (Phi) is 3.98. The number of anilines is 1. The van der Waals surface area contributed by atoms with Gasteiger partial charge in [0.15, 0.2) is 6.10 Å². The zero-order valence-electron chi connectivity index (χ0n) is 11.9. The third kappa shape index (κ3) is 2.90. The topological polar surface area (TPSA) is 55.4 Å². The average Bonchev–Trinajstić information content (AvgIpc) is 2.50. The molecular weight excluding hydrogens is 346 g/mol. The van der Waals surface area contributed by atoms with E-state index in [0.29, 0.717) is 17.7 Å². The Morgan fingerprint density at radius 3 is 2.82 bits per heavy atom. The first-order chi connectivity index (χ1) is 10.5. The molecule has 4 nitrogen and oxygen atoms in total. The first kappa shape index (κ1) is 14.8. The molecule has 0 saturated heterocycles. The number of nitrogens with one attached hydrogen (secondary N) is 1. The van der Waals surface area contributed by atoms with Crippen LogP contribution in [-0.2, 0) is 16.0 Å². The summed E-state index contributed by atoms with van der Waals surface area (Å²) in [5.41, 5.74) is 3.11. The summed E-state index contributed by atoms with van der Waals surface area (Å²) in [5.74, 6) is -0.780. The molecule has 112 valence electrons. The van der Waals surface area contributed by atoms with E-state index in [-0.39, 0.29) is 5.91 Å². The maximum atomic E-state index is 12.4. The standard InChI is InChI=1S/C17H14BrNO3/c1-10-6-7-14(13(18)8-10)19-16(20)15-9-11-4-2-3-5-12(11)17(21)22-15/h2-8,15H,9H2,1H3,(H,19,20)/t15-/m1/s1. The van der Waals surface area contributed by atoms with Gasteiger partial charge in [-0.3, -0.25) is 4.79 Å². The summed E-state index contributed by atoms with van der Waals surface area (Å²) >= 11 is 3.41. The summed E-state index contributed by atoms with van der Waals surface area (Å²) in [6.45, 7) is 1.97. The van der Waals surface area contributed by atoms with Crippen molar-refractivity contribution < 1.29 is 14.3 Å². The van der Waals surface area contributed by atoms with Crippen LogP contribution in [0.25, 0.3) is 0 Å². The van der Waals surface area contributed by atoms with Gasteiger partial charge in [0.05, 0.1) is 11.3 Å². The highest BCUT2D eigenvalue weighted by Gasteiger charge is 2.31. The number of benzene rings is 2. The van der Waals surface area contributed by atoms with Gasteiger partial charge in [-0.05, 0) is 52.2 Å². The van der Waals surface area contributed by atoms with Crippen molar-refractivity contribution in [2.24, 2.45) is 0 Å². The van der Waals surface area contributed by atoms with Crippen LogP contribution in [-0.4, -0.2) is 18.0 Å². The number of carbonyl (C=O) groups is 2. The summed E-state index contributed by atoms with van der Waals surface area (Å²) in [4.78, 5) is 24.3. The van der Waals surface area contributed by atoms with Crippen molar-refractivity contribution in [2.75, 3.05) is 5.32 Å². The van der Waals surface area contributed by atoms with Gasteiger partial charge in [0.1, 0.15) is 0 Å². The molecule has 1 atom stereocenters. The molecule has 22 heavy (non-hydrogen) atoms. The molecule has 0 saturated carbocycles. The van der Waals surface area contributed by atoms with Crippen LogP contribution >= 0.6 is 15.9 Å². The molecule has 2 aromatic rings. The maximum Gasteiger partial charge on any atom is 0.339 e. The monoisotopic (exact) mass is 359 g/mol. The Balaban J connectivity index is 1.78. The fourth-order valence-corrected chi connectivity index (χ4v) is 3.00.